The first-order valence-electron chi connectivity index (χ1n) is 6.59. The molecule has 3 nitrogen and oxygen atoms in total. The van der Waals surface area contributed by atoms with Gasteiger partial charge in [-0.05, 0) is 31.5 Å². The fraction of sp³-hybridized carbons (Fsp3) is 0.250. The van der Waals surface area contributed by atoms with Crippen LogP contribution in [-0.2, 0) is 15.6 Å². The molecule has 0 fully saturated rings. The average Bonchev–Trinajstić information content (AvgIpc) is 2.48. The van der Waals surface area contributed by atoms with E-state index in [0.29, 0.717) is 9.32 Å². The van der Waals surface area contributed by atoms with Gasteiger partial charge in [0.25, 0.3) is 0 Å². The normalized spacial score (nSPS) is 14.6. The molecule has 2 rings (SSSR count). The number of alkyl halides is 1. The summed E-state index contributed by atoms with van der Waals surface area (Å²) in [7, 11) is -3.55. The van der Waals surface area contributed by atoms with Crippen molar-refractivity contribution in [2.75, 3.05) is 4.43 Å². The van der Waals surface area contributed by atoms with Crippen molar-refractivity contribution < 1.29 is 8.42 Å². The summed E-state index contributed by atoms with van der Waals surface area (Å²) in [6.45, 7) is 3.84. The zero-order chi connectivity index (χ0) is 15.5. The molecule has 21 heavy (non-hydrogen) atoms. The van der Waals surface area contributed by atoms with Crippen LogP contribution in [0, 0.1) is 6.92 Å². The summed E-state index contributed by atoms with van der Waals surface area (Å²) in [6.07, 6.45) is 0. The first-order chi connectivity index (χ1) is 9.87. The number of benzene rings is 2. The van der Waals surface area contributed by atoms with Gasteiger partial charge in [0.15, 0.2) is 0 Å². The first kappa shape index (κ1) is 16.5. The molecule has 0 aliphatic carbocycles. The molecule has 0 bridgehead atoms. The highest BCUT2D eigenvalue weighted by molar-refractivity contribution is 14.1. The van der Waals surface area contributed by atoms with Crippen LogP contribution in [0.25, 0.3) is 0 Å². The standard InChI is InChI=1S/C16H18INO2S/c1-13-8-10-15(11-9-13)21(19,20)18-16(2,12-17)14-6-4-3-5-7-14/h3-11,18H,12H2,1-2H3. The Balaban J connectivity index is 2.35. The Kier molecular flexibility index (Phi) is 5.06. The van der Waals surface area contributed by atoms with E-state index in [1.165, 1.54) is 0 Å². The van der Waals surface area contributed by atoms with Crippen LogP contribution in [0.1, 0.15) is 18.1 Å². The maximum Gasteiger partial charge on any atom is 0.241 e. The van der Waals surface area contributed by atoms with Crippen LogP contribution >= 0.6 is 22.6 Å². The van der Waals surface area contributed by atoms with Crippen LogP contribution in [0.5, 0.6) is 0 Å². The minimum atomic E-state index is -3.55. The lowest BCUT2D eigenvalue weighted by Crippen LogP contribution is -2.44. The van der Waals surface area contributed by atoms with Crippen LogP contribution in [0.2, 0.25) is 0 Å². The summed E-state index contributed by atoms with van der Waals surface area (Å²) in [5, 5.41) is 0. The van der Waals surface area contributed by atoms with Crippen LogP contribution in [0.4, 0.5) is 0 Å². The van der Waals surface area contributed by atoms with Gasteiger partial charge in [-0.2, -0.15) is 0 Å². The van der Waals surface area contributed by atoms with Crippen molar-refractivity contribution in [2.24, 2.45) is 0 Å². The highest BCUT2D eigenvalue weighted by Gasteiger charge is 2.31. The Labute approximate surface area is 140 Å². The Morgan fingerprint density at radius 3 is 2.14 bits per heavy atom. The molecular weight excluding hydrogens is 397 g/mol. The summed E-state index contributed by atoms with van der Waals surface area (Å²) >= 11 is 2.21. The van der Waals surface area contributed by atoms with Crippen molar-refractivity contribution in [1.82, 2.24) is 4.72 Å². The van der Waals surface area contributed by atoms with E-state index >= 15 is 0 Å². The minimum Gasteiger partial charge on any atom is -0.207 e. The molecule has 1 unspecified atom stereocenters. The monoisotopic (exact) mass is 415 g/mol. The lowest BCUT2D eigenvalue weighted by Gasteiger charge is -2.29. The fourth-order valence-electron chi connectivity index (χ4n) is 2.04. The van der Waals surface area contributed by atoms with Gasteiger partial charge < -0.3 is 0 Å². The van der Waals surface area contributed by atoms with Gasteiger partial charge in [-0.1, -0.05) is 70.6 Å². The van der Waals surface area contributed by atoms with Gasteiger partial charge in [0.05, 0.1) is 10.4 Å². The van der Waals surface area contributed by atoms with Crippen molar-refractivity contribution in [2.45, 2.75) is 24.3 Å². The number of hydrogen-bond acceptors (Lipinski definition) is 2. The van der Waals surface area contributed by atoms with Crippen molar-refractivity contribution in [3.05, 3.63) is 65.7 Å². The largest absolute Gasteiger partial charge is 0.241 e. The molecule has 1 atom stereocenters. The van der Waals surface area contributed by atoms with E-state index in [-0.39, 0.29) is 0 Å². The zero-order valence-electron chi connectivity index (χ0n) is 12.0. The average molecular weight is 415 g/mol. The molecular formula is C16H18INO2S. The predicted octanol–water partition coefficient (Wildman–Crippen LogP) is 3.62. The second kappa shape index (κ2) is 6.46. The number of nitrogens with one attached hydrogen (secondary N) is 1. The fourth-order valence-corrected chi connectivity index (χ4v) is 4.33. The van der Waals surface area contributed by atoms with E-state index in [0.717, 1.165) is 11.1 Å². The zero-order valence-corrected chi connectivity index (χ0v) is 15.0. The highest BCUT2D eigenvalue weighted by atomic mass is 127. The van der Waals surface area contributed by atoms with E-state index in [9.17, 15) is 8.42 Å². The first-order valence-corrected chi connectivity index (χ1v) is 9.60. The number of aryl methyl sites for hydroxylation is 1. The van der Waals surface area contributed by atoms with Crippen LogP contribution in [0.3, 0.4) is 0 Å². The Morgan fingerprint density at radius 1 is 1.05 bits per heavy atom. The van der Waals surface area contributed by atoms with Gasteiger partial charge in [0, 0.05) is 4.43 Å². The van der Waals surface area contributed by atoms with Gasteiger partial charge in [0.2, 0.25) is 10.0 Å². The van der Waals surface area contributed by atoms with E-state index in [1.807, 2.05) is 44.2 Å². The lowest BCUT2D eigenvalue weighted by molar-refractivity contribution is 0.485. The summed E-state index contributed by atoms with van der Waals surface area (Å²) < 4.78 is 28.6. The van der Waals surface area contributed by atoms with Gasteiger partial charge in [-0.3, -0.25) is 0 Å². The molecule has 0 aliphatic heterocycles. The topological polar surface area (TPSA) is 46.2 Å². The summed E-state index contributed by atoms with van der Waals surface area (Å²) in [5.74, 6) is 0. The van der Waals surface area contributed by atoms with Crippen molar-refractivity contribution in [3.63, 3.8) is 0 Å². The van der Waals surface area contributed by atoms with E-state index in [1.54, 1.807) is 24.3 Å². The molecule has 0 saturated heterocycles. The SMILES string of the molecule is Cc1ccc(S(=O)(=O)NC(C)(CI)c2ccccc2)cc1. The molecule has 0 aliphatic rings. The van der Waals surface area contributed by atoms with Gasteiger partial charge in [0.1, 0.15) is 0 Å². The van der Waals surface area contributed by atoms with Gasteiger partial charge in [-0.25, -0.2) is 13.1 Å². The highest BCUT2D eigenvalue weighted by Crippen LogP contribution is 2.26. The molecule has 2 aromatic rings. The summed E-state index contributed by atoms with van der Waals surface area (Å²) in [5.41, 5.74) is 1.36. The molecule has 1 N–H and O–H groups in total. The van der Waals surface area contributed by atoms with Crippen molar-refractivity contribution in [1.29, 1.82) is 0 Å². The van der Waals surface area contributed by atoms with Crippen LogP contribution < -0.4 is 4.72 Å². The molecule has 0 saturated carbocycles. The molecule has 5 heteroatoms. The molecule has 0 spiro atoms. The molecule has 0 aromatic heterocycles. The maximum atomic E-state index is 12.6. The maximum absolute atomic E-state index is 12.6. The molecule has 2 aromatic carbocycles. The smallest absolute Gasteiger partial charge is 0.207 e. The predicted molar refractivity (Wildman–Crippen MR) is 94.2 cm³/mol. The number of hydrogen-bond donors (Lipinski definition) is 1. The van der Waals surface area contributed by atoms with Crippen LogP contribution in [0.15, 0.2) is 59.5 Å². The second-order valence-corrected chi connectivity index (χ2v) is 7.70. The summed E-state index contributed by atoms with van der Waals surface area (Å²) in [4.78, 5) is 0.292. The minimum absolute atomic E-state index is 0.292. The molecule has 112 valence electrons. The third-order valence-electron chi connectivity index (χ3n) is 3.37. The Bertz CT molecular complexity index is 699. The number of halogens is 1. The van der Waals surface area contributed by atoms with Gasteiger partial charge >= 0.3 is 0 Å². The van der Waals surface area contributed by atoms with Crippen molar-refractivity contribution >= 4 is 32.6 Å². The van der Waals surface area contributed by atoms with E-state index in [2.05, 4.69) is 27.3 Å². The molecule has 0 heterocycles. The Morgan fingerprint density at radius 2 is 1.62 bits per heavy atom. The molecule has 0 radical (unpaired) electrons. The quantitative estimate of drug-likeness (QED) is 0.599. The Hall–Kier alpha value is -0.920. The van der Waals surface area contributed by atoms with E-state index < -0.39 is 15.6 Å². The third kappa shape index (κ3) is 3.84. The summed E-state index contributed by atoms with van der Waals surface area (Å²) in [6, 6.07) is 16.5. The lowest BCUT2D eigenvalue weighted by atomic mass is 9.96. The van der Waals surface area contributed by atoms with Crippen LogP contribution in [-0.4, -0.2) is 12.8 Å². The second-order valence-electron chi connectivity index (χ2n) is 5.25. The van der Waals surface area contributed by atoms with Crippen molar-refractivity contribution in [3.8, 4) is 0 Å². The van der Waals surface area contributed by atoms with Gasteiger partial charge in [-0.15, -0.1) is 0 Å². The number of rotatable bonds is 5. The number of sulfonamides is 1. The van der Waals surface area contributed by atoms with E-state index in [4.69, 9.17) is 0 Å². The molecule has 0 amide bonds. The third-order valence-corrected chi connectivity index (χ3v) is 6.51.